The lowest BCUT2D eigenvalue weighted by atomic mass is 10.0. The van der Waals surface area contributed by atoms with Gasteiger partial charge in [-0.25, -0.2) is 0 Å². The van der Waals surface area contributed by atoms with Crippen LogP contribution >= 0.6 is 0 Å². The number of nitrogens with one attached hydrogen (secondary N) is 1. The number of allylic oxidation sites excluding steroid dienone is 1. The van der Waals surface area contributed by atoms with Gasteiger partial charge in [0.05, 0.1) is 19.5 Å². The fraction of sp³-hybridized carbons (Fsp3) is 0.308. The van der Waals surface area contributed by atoms with Gasteiger partial charge in [-0.05, 0) is 12.5 Å². The van der Waals surface area contributed by atoms with Crippen molar-refractivity contribution in [3.05, 3.63) is 48.2 Å². The molecule has 0 amide bonds. The number of epoxide rings is 1. The van der Waals surface area contributed by atoms with E-state index < -0.39 is 0 Å². The Morgan fingerprint density at radius 3 is 2.81 bits per heavy atom. The van der Waals surface area contributed by atoms with Crippen molar-refractivity contribution in [2.45, 2.75) is 12.5 Å². The molecule has 0 radical (unpaired) electrons. The normalized spacial score (nSPS) is 23.3. The average molecular weight is 216 g/mol. The molecule has 1 aromatic rings. The summed E-state index contributed by atoms with van der Waals surface area (Å²) in [5.41, 5.74) is 1.89. The number of benzene rings is 1. The monoisotopic (exact) mass is 216 g/mol. The van der Waals surface area contributed by atoms with Gasteiger partial charge in [0.15, 0.2) is 0 Å². The Balaban J connectivity index is 1.95. The van der Waals surface area contributed by atoms with E-state index in [1.807, 2.05) is 25.1 Å². The van der Waals surface area contributed by atoms with Crippen LogP contribution in [-0.4, -0.2) is 19.5 Å². The predicted molar refractivity (Wildman–Crippen MR) is 65.4 cm³/mol. The molecule has 1 aliphatic heterocycles. The standard InChI is InChI=1S/C13H16N2O/c1-11(2)15-10-14-8-13(9-16-13)12-6-4-3-5-7-12/h3-7,10H,1,8-9H2,2H3,(H,14,15). The Bertz CT molecular complexity index is 394. The van der Waals surface area contributed by atoms with Crippen molar-refractivity contribution in [3.8, 4) is 0 Å². The first-order valence-electron chi connectivity index (χ1n) is 5.33. The highest BCUT2D eigenvalue weighted by Gasteiger charge is 2.46. The Morgan fingerprint density at radius 2 is 2.25 bits per heavy atom. The number of ether oxygens (including phenoxy) is 1. The predicted octanol–water partition coefficient (Wildman–Crippen LogP) is 2.06. The quantitative estimate of drug-likeness (QED) is 0.464. The second kappa shape index (κ2) is 4.49. The molecule has 3 heteroatoms. The van der Waals surface area contributed by atoms with E-state index in [0.717, 1.165) is 12.3 Å². The molecule has 1 heterocycles. The Kier molecular flexibility index (Phi) is 3.06. The van der Waals surface area contributed by atoms with Gasteiger partial charge < -0.3 is 10.1 Å². The van der Waals surface area contributed by atoms with Gasteiger partial charge in [0, 0.05) is 5.70 Å². The molecule has 16 heavy (non-hydrogen) atoms. The van der Waals surface area contributed by atoms with Crippen LogP contribution in [0.3, 0.4) is 0 Å². The molecule has 2 rings (SSSR count). The van der Waals surface area contributed by atoms with Crippen molar-refractivity contribution in [3.63, 3.8) is 0 Å². The summed E-state index contributed by atoms with van der Waals surface area (Å²) in [5.74, 6) is 0. The van der Waals surface area contributed by atoms with Crippen LogP contribution in [0.1, 0.15) is 12.5 Å². The number of aliphatic imine (C=N–C) groups is 1. The molecule has 1 atom stereocenters. The summed E-state index contributed by atoms with van der Waals surface area (Å²) < 4.78 is 5.53. The fourth-order valence-corrected chi connectivity index (χ4v) is 1.53. The highest BCUT2D eigenvalue weighted by atomic mass is 16.6. The van der Waals surface area contributed by atoms with Crippen LogP contribution in [0.5, 0.6) is 0 Å². The zero-order valence-electron chi connectivity index (χ0n) is 9.44. The van der Waals surface area contributed by atoms with E-state index in [1.54, 1.807) is 6.34 Å². The van der Waals surface area contributed by atoms with Crippen molar-refractivity contribution >= 4 is 6.34 Å². The van der Waals surface area contributed by atoms with E-state index in [2.05, 4.69) is 29.0 Å². The summed E-state index contributed by atoms with van der Waals surface area (Å²) in [4.78, 5) is 4.30. The van der Waals surface area contributed by atoms with Gasteiger partial charge in [-0.15, -0.1) is 0 Å². The molecule has 0 aromatic heterocycles. The Labute approximate surface area is 95.8 Å². The Morgan fingerprint density at radius 1 is 1.56 bits per heavy atom. The van der Waals surface area contributed by atoms with Gasteiger partial charge in [-0.2, -0.15) is 0 Å². The Hall–Kier alpha value is -1.61. The summed E-state index contributed by atoms with van der Waals surface area (Å²) in [6, 6.07) is 10.2. The third kappa shape index (κ3) is 2.49. The number of rotatable bonds is 5. The topological polar surface area (TPSA) is 36.9 Å². The smallest absolute Gasteiger partial charge is 0.136 e. The molecule has 84 valence electrons. The van der Waals surface area contributed by atoms with Crippen LogP contribution in [0.15, 0.2) is 47.6 Å². The van der Waals surface area contributed by atoms with Gasteiger partial charge >= 0.3 is 0 Å². The average Bonchev–Trinajstić information content (AvgIpc) is 3.07. The lowest BCUT2D eigenvalue weighted by molar-refractivity contribution is 0.315. The fourth-order valence-electron chi connectivity index (χ4n) is 1.53. The van der Waals surface area contributed by atoms with E-state index >= 15 is 0 Å². The van der Waals surface area contributed by atoms with Gasteiger partial charge in [0.1, 0.15) is 5.60 Å². The number of hydrogen-bond acceptors (Lipinski definition) is 2. The number of hydrogen-bond donors (Lipinski definition) is 1. The van der Waals surface area contributed by atoms with Crippen LogP contribution in [0.2, 0.25) is 0 Å². The second-order valence-electron chi connectivity index (χ2n) is 4.04. The summed E-state index contributed by atoms with van der Waals surface area (Å²) in [7, 11) is 0. The van der Waals surface area contributed by atoms with Crippen molar-refractivity contribution in [1.29, 1.82) is 0 Å². The van der Waals surface area contributed by atoms with E-state index in [4.69, 9.17) is 4.74 Å². The minimum atomic E-state index is -0.186. The van der Waals surface area contributed by atoms with Crippen LogP contribution in [0.4, 0.5) is 0 Å². The summed E-state index contributed by atoms with van der Waals surface area (Å²) in [5, 5.41) is 2.96. The maximum Gasteiger partial charge on any atom is 0.136 e. The van der Waals surface area contributed by atoms with Gasteiger partial charge in [0.2, 0.25) is 0 Å². The van der Waals surface area contributed by atoms with Crippen molar-refractivity contribution < 1.29 is 4.74 Å². The van der Waals surface area contributed by atoms with Crippen molar-refractivity contribution in [2.75, 3.05) is 13.2 Å². The molecular weight excluding hydrogens is 200 g/mol. The summed E-state index contributed by atoms with van der Waals surface area (Å²) in [6.45, 7) is 7.03. The van der Waals surface area contributed by atoms with Gasteiger partial charge in [-0.3, -0.25) is 4.99 Å². The van der Waals surface area contributed by atoms with Crippen LogP contribution in [0, 0.1) is 0 Å². The van der Waals surface area contributed by atoms with Crippen LogP contribution in [0.25, 0.3) is 0 Å². The first-order chi connectivity index (χ1) is 7.73. The third-order valence-corrected chi connectivity index (χ3v) is 2.54. The second-order valence-corrected chi connectivity index (χ2v) is 4.04. The molecule has 1 saturated heterocycles. The van der Waals surface area contributed by atoms with E-state index in [9.17, 15) is 0 Å². The summed E-state index contributed by atoms with van der Waals surface area (Å²) in [6.07, 6.45) is 1.68. The molecule has 1 aromatic carbocycles. The van der Waals surface area contributed by atoms with Crippen molar-refractivity contribution in [2.24, 2.45) is 4.99 Å². The lowest BCUT2D eigenvalue weighted by Gasteiger charge is -2.08. The van der Waals surface area contributed by atoms with Gasteiger partial charge in [-0.1, -0.05) is 36.9 Å². The zero-order chi connectivity index (χ0) is 11.4. The largest absolute Gasteiger partial charge is 0.362 e. The highest BCUT2D eigenvalue weighted by Crippen LogP contribution is 2.38. The minimum absolute atomic E-state index is 0.186. The zero-order valence-corrected chi connectivity index (χ0v) is 9.44. The van der Waals surface area contributed by atoms with Gasteiger partial charge in [0.25, 0.3) is 0 Å². The van der Waals surface area contributed by atoms with E-state index in [-0.39, 0.29) is 5.60 Å². The molecule has 1 fully saturated rings. The molecule has 0 saturated carbocycles. The summed E-state index contributed by atoms with van der Waals surface area (Å²) >= 11 is 0. The molecular formula is C13H16N2O. The minimum Gasteiger partial charge on any atom is -0.362 e. The van der Waals surface area contributed by atoms with Crippen LogP contribution < -0.4 is 5.32 Å². The first kappa shape index (κ1) is 10.9. The van der Waals surface area contributed by atoms with E-state index in [1.165, 1.54) is 5.56 Å². The maximum absolute atomic E-state index is 5.53. The molecule has 0 bridgehead atoms. The lowest BCUT2D eigenvalue weighted by Crippen LogP contribution is -2.15. The third-order valence-electron chi connectivity index (χ3n) is 2.54. The van der Waals surface area contributed by atoms with Crippen molar-refractivity contribution in [1.82, 2.24) is 5.32 Å². The highest BCUT2D eigenvalue weighted by molar-refractivity contribution is 5.57. The molecule has 1 aliphatic rings. The maximum atomic E-state index is 5.53. The SMILES string of the molecule is C=C(C)NC=NCC1(c2ccccc2)CO1. The molecule has 0 spiro atoms. The molecule has 0 aliphatic carbocycles. The van der Waals surface area contributed by atoms with E-state index in [0.29, 0.717) is 6.54 Å². The molecule has 1 N–H and O–H groups in total. The molecule has 3 nitrogen and oxygen atoms in total. The first-order valence-corrected chi connectivity index (χ1v) is 5.33. The molecule has 1 unspecified atom stereocenters. The van der Waals surface area contributed by atoms with Crippen LogP contribution in [-0.2, 0) is 10.3 Å². The number of nitrogens with zero attached hydrogens (tertiary/aromatic N) is 1.